The summed E-state index contributed by atoms with van der Waals surface area (Å²) in [5.74, 6) is 0. The van der Waals surface area contributed by atoms with Gasteiger partial charge in [-0.2, -0.15) is 5.26 Å². The minimum atomic E-state index is 0.395. The highest BCUT2D eigenvalue weighted by Crippen LogP contribution is 2.21. The topological polar surface area (TPSA) is 49.0 Å². The van der Waals surface area contributed by atoms with Gasteiger partial charge < -0.3 is 0 Å². The molecule has 2 rings (SSSR count). The summed E-state index contributed by atoms with van der Waals surface area (Å²) in [6.45, 7) is 0. The first-order valence-corrected chi connectivity index (χ1v) is 4.89. The van der Waals surface area contributed by atoms with Crippen LogP contribution in [0.2, 0.25) is 0 Å². The third kappa shape index (κ3) is 1.38. The van der Waals surface area contributed by atoms with Crippen molar-refractivity contribution in [1.82, 2.24) is 4.98 Å². The Balaban J connectivity index is 2.62. The van der Waals surface area contributed by atoms with Gasteiger partial charge in [0.1, 0.15) is 6.07 Å². The fourth-order valence-corrected chi connectivity index (χ4v) is 2.12. The highest BCUT2D eigenvalue weighted by atomic mass is 32.1. The van der Waals surface area contributed by atoms with Gasteiger partial charge in [-0.1, -0.05) is 12.1 Å². The van der Waals surface area contributed by atoms with E-state index in [2.05, 4.69) is 9.98 Å². The molecule has 4 heteroatoms. The van der Waals surface area contributed by atoms with Crippen molar-refractivity contribution in [3.8, 4) is 6.07 Å². The van der Waals surface area contributed by atoms with Crippen LogP contribution in [0.3, 0.4) is 0 Å². The van der Waals surface area contributed by atoms with Gasteiger partial charge in [0.05, 0.1) is 10.2 Å². The maximum Gasteiger partial charge on any atom is 0.171 e. The molecule has 1 aromatic carbocycles. The van der Waals surface area contributed by atoms with Crippen LogP contribution in [0.4, 0.5) is 0 Å². The monoisotopic (exact) mass is 201 g/mol. The van der Waals surface area contributed by atoms with Crippen molar-refractivity contribution in [3.05, 3.63) is 29.3 Å². The van der Waals surface area contributed by atoms with Crippen molar-refractivity contribution in [1.29, 1.82) is 5.26 Å². The maximum absolute atomic E-state index is 8.79. The van der Waals surface area contributed by atoms with Crippen LogP contribution in [-0.2, 0) is 0 Å². The minimum absolute atomic E-state index is 0.395. The summed E-state index contributed by atoms with van der Waals surface area (Å²) >= 11 is 1.49. The molecule has 0 aliphatic carbocycles. The number of nitrogens with zero attached hydrogens (tertiary/aromatic N) is 3. The molecule has 3 nitrogen and oxygen atoms in total. The number of thiazole rings is 1. The number of para-hydroxylation sites is 1. The average molecular weight is 201 g/mol. The second-order valence-electron chi connectivity index (χ2n) is 2.67. The van der Waals surface area contributed by atoms with Crippen molar-refractivity contribution in [2.45, 2.75) is 0 Å². The van der Waals surface area contributed by atoms with E-state index in [9.17, 15) is 0 Å². The molecule has 2 aromatic rings. The third-order valence-electron chi connectivity index (χ3n) is 1.83. The molecule has 0 atom stereocenters. The molecule has 0 saturated heterocycles. The van der Waals surface area contributed by atoms with Crippen LogP contribution in [0.15, 0.2) is 29.3 Å². The van der Waals surface area contributed by atoms with Crippen molar-refractivity contribution < 1.29 is 0 Å². The molecule has 68 valence electrons. The van der Waals surface area contributed by atoms with Gasteiger partial charge in [0.15, 0.2) is 10.7 Å². The molecule has 1 heterocycles. The van der Waals surface area contributed by atoms with Crippen LogP contribution in [0.1, 0.15) is 5.01 Å². The zero-order valence-corrected chi connectivity index (χ0v) is 8.38. The lowest BCUT2D eigenvalue weighted by Gasteiger charge is -1.85. The van der Waals surface area contributed by atoms with Crippen LogP contribution in [0.5, 0.6) is 0 Å². The summed E-state index contributed by atoms with van der Waals surface area (Å²) in [6.07, 6.45) is 0. The Kier molecular flexibility index (Phi) is 2.25. The Hall–Kier alpha value is -1.73. The molecule has 0 fully saturated rings. The van der Waals surface area contributed by atoms with Gasteiger partial charge in [-0.25, -0.2) is 4.98 Å². The van der Waals surface area contributed by atoms with Crippen LogP contribution in [0, 0.1) is 11.3 Å². The van der Waals surface area contributed by atoms with Crippen LogP contribution in [-0.4, -0.2) is 17.7 Å². The first kappa shape index (κ1) is 8.85. The molecular weight excluding hydrogens is 194 g/mol. The molecule has 0 bridgehead atoms. The number of rotatable bonds is 1. The standard InChI is InChI=1S/C10H7N3S/c1-12-8(6-11)10-13-7-4-2-3-5-9(7)14-10/h2-5H,1H3/b12-8+. The smallest absolute Gasteiger partial charge is 0.171 e. The lowest BCUT2D eigenvalue weighted by Crippen LogP contribution is -1.94. The highest BCUT2D eigenvalue weighted by molar-refractivity contribution is 7.20. The summed E-state index contributed by atoms with van der Waals surface area (Å²) in [7, 11) is 1.60. The zero-order valence-electron chi connectivity index (χ0n) is 7.56. The molecule has 0 N–H and O–H groups in total. The lowest BCUT2D eigenvalue weighted by atomic mass is 10.3. The van der Waals surface area contributed by atoms with Crippen molar-refractivity contribution >= 4 is 27.3 Å². The van der Waals surface area contributed by atoms with E-state index in [-0.39, 0.29) is 0 Å². The number of nitriles is 1. The van der Waals surface area contributed by atoms with Gasteiger partial charge in [0, 0.05) is 7.05 Å². The predicted octanol–water partition coefficient (Wildman–Crippen LogP) is 2.24. The number of hydrogen-bond donors (Lipinski definition) is 0. The molecule has 0 aliphatic rings. The quantitative estimate of drug-likeness (QED) is 0.664. The number of hydrogen-bond acceptors (Lipinski definition) is 4. The first-order chi connectivity index (χ1) is 6.85. The fourth-order valence-electron chi connectivity index (χ4n) is 1.17. The van der Waals surface area contributed by atoms with Crippen molar-refractivity contribution in [3.63, 3.8) is 0 Å². The van der Waals surface area contributed by atoms with E-state index in [1.807, 2.05) is 30.3 Å². The van der Waals surface area contributed by atoms with E-state index in [1.165, 1.54) is 11.3 Å². The zero-order chi connectivity index (χ0) is 9.97. The highest BCUT2D eigenvalue weighted by Gasteiger charge is 2.07. The minimum Gasteiger partial charge on any atom is -0.275 e. The fraction of sp³-hybridized carbons (Fsp3) is 0.100. The second kappa shape index (κ2) is 3.56. The molecule has 0 aliphatic heterocycles. The van der Waals surface area contributed by atoms with Gasteiger partial charge in [-0.15, -0.1) is 11.3 Å². The van der Waals surface area contributed by atoms with Gasteiger partial charge in [0.2, 0.25) is 0 Å². The number of aliphatic imine (C=N–C) groups is 1. The second-order valence-corrected chi connectivity index (χ2v) is 3.70. The van der Waals surface area contributed by atoms with E-state index in [0.717, 1.165) is 10.2 Å². The Bertz CT molecular complexity index is 501. The number of fused-ring (bicyclic) bond motifs is 1. The average Bonchev–Trinajstić information content (AvgIpc) is 2.63. The molecule has 0 saturated carbocycles. The Morgan fingerprint density at radius 1 is 1.50 bits per heavy atom. The summed E-state index contributed by atoms with van der Waals surface area (Å²) in [5, 5.41) is 9.48. The van der Waals surface area contributed by atoms with E-state index < -0.39 is 0 Å². The van der Waals surface area contributed by atoms with Crippen molar-refractivity contribution in [2.24, 2.45) is 4.99 Å². The first-order valence-electron chi connectivity index (χ1n) is 4.08. The molecule has 0 radical (unpaired) electrons. The number of benzene rings is 1. The number of aromatic nitrogens is 1. The maximum atomic E-state index is 8.79. The van der Waals surface area contributed by atoms with E-state index in [1.54, 1.807) is 7.05 Å². The van der Waals surface area contributed by atoms with Gasteiger partial charge >= 0.3 is 0 Å². The summed E-state index contributed by atoms with van der Waals surface area (Å²) in [6, 6.07) is 9.83. The van der Waals surface area contributed by atoms with Gasteiger partial charge in [-0.05, 0) is 12.1 Å². The van der Waals surface area contributed by atoms with E-state index >= 15 is 0 Å². The molecule has 0 spiro atoms. The summed E-state index contributed by atoms with van der Waals surface area (Å²) in [4.78, 5) is 8.20. The Labute approximate surface area is 85.4 Å². The Morgan fingerprint density at radius 3 is 2.93 bits per heavy atom. The molecule has 0 unspecified atom stereocenters. The molecule has 1 aromatic heterocycles. The SMILES string of the molecule is C/N=C(\C#N)c1nc2ccccc2s1. The van der Waals surface area contributed by atoms with Crippen LogP contribution >= 0.6 is 11.3 Å². The molecule has 14 heavy (non-hydrogen) atoms. The molecule has 0 amide bonds. The summed E-state index contributed by atoms with van der Waals surface area (Å²) in [5.41, 5.74) is 1.31. The van der Waals surface area contributed by atoms with Crippen molar-refractivity contribution in [2.75, 3.05) is 7.05 Å². The normalized spacial score (nSPS) is 11.6. The molecular formula is C10H7N3S. The largest absolute Gasteiger partial charge is 0.275 e. The van der Waals surface area contributed by atoms with E-state index in [0.29, 0.717) is 10.7 Å². The summed E-state index contributed by atoms with van der Waals surface area (Å²) < 4.78 is 1.08. The third-order valence-corrected chi connectivity index (χ3v) is 2.87. The Morgan fingerprint density at radius 2 is 2.29 bits per heavy atom. The van der Waals surface area contributed by atoms with E-state index in [4.69, 9.17) is 5.26 Å². The van der Waals surface area contributed by atoms with Gasteiger partial charge in [0.25, 0.3) is 0 Å². The van der Waals surface area contributed by atoms with Crippen LogP contribution in [0.25, 0.3) is 10.2 Å². The van der Waals surface area contributed by atoms with Gasteiger partial charge in [-0.3, -0.25) is 4.99 Å². The lowest BCUT2D eigenvalue weighted by molar-refractivity contribution is 1.39. The van der Waals surface area contributed by atoms with Crippen LogP contribution < -0.4 is 0 Å². The predicted molar refractivity (Wildman–Crippen MR) is 57.7 cm³/mol.